The Kier molecular flexibility index (Phi) is 3.40. The fraction of sp³-hybridized carbons (Fsp3) is 0.0769. The summed E-state index contributed by atoms with van der Waals surface area (Å²) in [5.41, 5.74) is 1.91. The Morgan fingerprint density at radius 1 is 1.18 bits per heavy atom. The molecule has 2 aromatic rings. The lowest BCUT2D eigenvalue weighted by Gasteiger charge is -2.05. The largest absolute Gasteiger partial charge is 0.321 e. The normalized spacial score (nSPS) is 10.0. The number of anilines is 1. The zero-order chi connectivity index (χ0) is 12.3. The number of aryl methyl sites for hydroxylation is 1. The van der Waals surface area contributed by atoms with Gasteiger partial charge in [-0.2, -0.15) is 0 Å². The summed E-state index contributed by atoms with van der Waals surface area (Å²) in [6.45, 7) is 1.85. The average Bonchev–Trinajstić information content (AvgIpc) is 2.32. The van der Waals surface area contributed by atoms with Crippen LogP contribution in [0.4, 0.5) is 5.69 Å². The molecule has 1 N–H and O–H groups in total. The molecule has 2 rings (SSSR count). The number of benzene rings is 1. The summed E-state index contributed by atoms with van der Waals surface area (Å²) in [6, 6.07) is 12.3. The van der Waals surface area contributed by atoms with E-state index in [0.717, 1.165) is 5.69 Å². The summed E-state index contributed by atoms with van der Waals surface area (Å²) < 4.78 is 0. The molecular weight excluding hydrogens is 236 g/mol. The fourth-order valence-corrected chi connectivity index (χ4v) is 1.52. The average molecular weight is 247 g/mol. The molecule has 0 aliphatic carbocycles. The van der Waals surface area contributed by atoms with Gasteiger partial charge < -0.3 is 5.32 Å². The van der Waals surface area contributed by atoms with Gasteiger partial charge in [-0.15, -0.1) is 0 Å². The summed E-state index contributed by atoms with van der Waals surface area (Å²) in [7, 11) is 0. The van der Waals surface area contributed by atoms with E-state index in [0.29, 0.717) is 16.4 Å². The van der Waals surface area contributed by atoms with Crippen LogP contribution in [0, 0.1) is 6.92 Å². The molecule has 0 atom stereocenters. The number of carbonyl (C=O) groups is 1. The Labute approximate surface area is 104 Å². The summed E-state index contributed by atoms with van der Waals surface area (Å²) in [4.78, 5) is 16.0. The van der Waals surface area contributed by atoms with Crippen LogP contribution >= 0.6 is 11.6 Å². The van der Waals surface area contributed by atoms with Crippen molar-refractivity contribution in [1.82, 2.24) is 4.98 Å². The van der Waals surface area contributed by atoms with Crippen molar-refractivity contribution < 1.29 is 4.79 Å². The summed E-state index contributed by atoms with van der Waals surface area (Å²) in [6.07, 6.45) is 0. The van der Waals surface area contributed by atoms with E-state index in [1.165, 1.54) is 0 Å². The van der Waals surface area contributed by atoms with Gasteiger partial charge in [0.25, 0.3) is 5.91 Å². The van der Waals surface area contributed by atoms with E-state index >= 15 is 0 Å². The van der Waals surface area contributed by atoms with Crippen LogP contribution in [0.1, 0.15) is 16.2 Å². The highest BCUT2D eigenvalue weighted by Gasteiger charge is 2.07. The molecule has 1 aromatic carbocycles. The molecular formula is C13H11ClN2O. The van der Waals surface area contributed by atoms with Crippen molar-refractivity contribution in [2.45, 2.75) is 6.92 Å². The molecule has 1 aromatic heterocycles. The molecule has 17 heavy (non-hydrogen) atoms. The Hall–Kier alpha value is -1.87. The van der Waals surface area contributed by atoms with E-state index in [1.54, 1.807) is 36.4 Å². The number of nitrogens with zero attached hydrogens (tertiary/aromatic N) is 1. The molecule has 0 aliphatic heterocycles. The maximum atomic E-state index is 11.8. The molecule has 1 heterocycles. The molecule has 0 saturated heterocycles. The first kappa shape index (κ1) is 11.6. The van der Waals surface area contributed by atoms with Gasteiger partial charge in [0.05, 0.1) is 0 Å². The van der Waals surface area contributed by atoms with Gasteiger partial charge in [-0.05, 0) is 43.3 Å². The van der Waals surface area contributed by atoms with Gasteiger partial charge in [-0.1, -0.05) is 17.7 Å². The summed E-state index contributed by atoms with van der Waals surface area (Å²) in [5.74, 6) is -0.226. The van der Waals surface area contributed by atoms with Gasteiger partial charge in [0.1, 0.15) is 5.69 Å². The molecule has 0 spiro atoms. The van der Waals surface area contributed by atoms with Crippen LogP contribution in [0.3, 0.4) is 0 Å². The van der Waals surface area contributed by atoms with Crippen molar-refractivity contribution in [2.75, 3.05) is 5.32 Å². The van der Waals surface area contributed by atoms with Gasteiger partial charge in [-0.3, -0.25) is 4.79 Å². The molecule has 0 radical (unpaired) electrons. The Morgan fingerprint density at radius 2 is 1.88 bits per heavy atom. The smallest absolute Gasteiger partial charge is 0.274 e. The van der Waals surface area contributed by atoms with Crippen LogP contribution in [0.15, 0.2) is 42.5 Å². The SMILES string of the molecule is Cc1cccc(C(=O)Nc2ccc(Cl)cc2)n1. The maximum Gasteiger partial charge on any atom is 0.274 e. The number of pyridine rings is 1. The third-order valence-corrected chi connectivity index (χ3v) is 2.48. The number of halogens is 1. The third-order valence-electron chi connectivity index (χ3n) is 2.22. The second-order valence-corrected chi connectivity index (χ2v) is 4.06. The van der Waals surface area contributed by atoms with Crippen LogP contribution < -0.4 is 5.32 Å². The van der Waals surface area contributed by atoms with Crippen LogP contribution in [0.25, 0.3) is 0 Å². The second kappa shape index (κ2) is 4.97. The van der Waals surface area contributed by atoms with Gasteiger partial charge in [0.15, 0.2) is 0 Å². The predicted molar refractivity (Wildman–Crippen MR) is 68.4 cm³/mol. The second-order valence-electron chi connectivity index (χ2n) is 3.63. The predicted octanol–water partition coefficient (Wildman–Crippen LogP) is 3.30. The van der Waals surface area contributed by atoms with Gasteiger partial charge in [-0.25, -0.2) is 4.98 Å². The van der Waals surface area contributed by atoms with Crippen molar-refractivity contribution >= 4 is 23.2 Å². The van der Waals surface area contributed by atoms with Crippen LogP contribution in [0.2, 0.25) is 5.02 Å². The first-order valence-electron chi connectivity index (χ1n) is 5.16. The summed E-state index contributed by atoms with van der Waals surface area (Å²) >= 11 is 5.76. The van der Waals surface area contributed by atoms with Crippen molar-refractivity contribution in [3.8, 4) is 0 Å². The van der Waals surface area contributed by atoms with Crippen LogP contribution in [-0.2, 0) is 0 Å². The van der Waals surface area contributed by atoms with E-state index < -0.39 is 0 Å². The Morgan fingerprint density at radius 3 is 2.53 bits per heavy atom. The number of nitrogens with one attached hydrogen (secondary N) is 1. The lowest BCUT2D eigenvalue weighted by atomic mass is 10.2. The molecule has 0 saturated carbocycles. The number of amides is 1. The van der Waals surface area contributed by atoms with Crippen LogP contribution in [0.5, 0.6) is 0 Å². The highest BCUT2D eigenvalue weighted by Crippen LogP contribution is 2.14. The van der Waals surface area contributed by atoms with Gasteiger partial charge in [0.2, 0.25) is 0 Å². The minimum absolute atomic E-state index is 0.226. The third kappa shape index (κ3) is 3.04. The van der Waals surface area contributed by atoms with E-state index in [1.807, 2.05) is 13.0 Å². The standard InChI is InChI=1S/C13H11ClN2O/c1-9-3-2-4-12(15-9)13(17)16-11-7-5-10(14)6-8-11/h2-8H,1H3,(H,16,17). The fourth-order valence-electron chi connectivity index (χ4n) is 1.40. The molecule has 0 bridgehead atoms. The molecule has 1 amide bonds. The van der Waals surface area contributed by atoms with Gasteiger partial charge >= 0.3 is 0 Å². The van der Waals surface area contributed by atoms with E-state index in [4.69, 9.17) is 11.6 Å². The van der Waals surface area contributed by atoms with E-state index in [-0.39, 0.29) is 5.91 Å². The first-order chi connectivity index (χ1) is 8.15. The monoisotopic (exact) mass is 246 g/mol. The first-order valence-corrected chi connectivity index (χ1v) is 5.53. The minimum Gasteiger partial charge on any atom is -0.321 e. The number of hydrogen-bond acceptors (Lipinski definition) is 2. The molecule has 0 aliphatic rings. The number of hydrogen-bond donors (Lipinski definition) is 1. The van der Waals surface area contributed by atoms with E-state index in [9.17, 15) is 4.79 Å². The zero-order valence-electron chi connectivity index (χ0n) is 9.27. The molecule has 0 fully saturated rings. The Bertz CT molecular complexity index is 537. The summed E-state index contributed by atoms with van der Waals surface area (Å²) in [5, 5.41) is 3.39. The van der Waals surface area contributed by atoms with E-state index in [2.05, 4.69) is 10.3 Å². The molecule has 86 valence electrons. The minimum atomic E-state index is -0.226. The van der Waals surface area contributed by atoms with Crippen LogP contribution in [-0.4, -0.2) is 10.9 Å². The number of carbonyl (C=O) groups excluding carboxylic acids is 1. The highest BCUT2D eigenvalue weighted by molar-refractivity contribution is 6.30. The number of aromatic nitrogens is 1. The lowest BCUT2D eigenvalue weighted by Crippen LogP contribution is -2.13. The highest BCUT2D eigenvalue weighted by atomic mass is 35.5. The topological polar surface area (TPSA) is 42.0 Å². The Balaban J connectivity index is 2.14. The lowest BCUT2D eigenvalue weighted by molar-refractivity contribution is 0.102. The molecule has 4 heteroatoms. The number of rotatable bonds is 2. The quantitative estimate of drug-likeness (QED) is 0.884. The molecule has 3 nitrogen and oxygen atoms in total. The van der Waals surface area contributed by atoms with Gasteiger partial charge in [0, 0.05) is 16.4 Å². The maximum absolute atomic E-state index is 11.8. The van der Waals surface area contributed by atoms with Crippen molar-refractivity contribution in [2.24, 2.45) is 0 Å². The zero-order valence-corrected chi connectivity index (χ0v) is 10.0. The molecule has 0 unspecified atom stereocenters. The van der Waals surface area contributed by atoms with Crippen molar-refractivity contribution in [1.29, 1.82) is 0 Å². The van der Waals surface area contributed by atoms with Crippen molar-refractivity contribution in [3.63, 3.8) is 0 Å². The van der Waals surface area contributed by atoms with Crippen molar-refractivity contribution in [3.05, 3.63) is 58.9 Å².